The van der Waals surface area contributed by atoms with E-state index in [2.05, 4.69) is 21.0 Å². The van der Waals surface area contributed by atoms with Crippen LogP contribution in [0, 0.1) is 0 Å². The first kappa shape index (κ1) is 23.1. The Kier molecular flexibility index (Phi) is 7.16. The standard InChI is InChI=1S/C26H22BrClN2O3/c1-3-32-24-15-19(14-23(27)25(24)33-16-18-9-11-20(28)12-10-18)13-22-17(2)29-30(26(22)31)21-7-5-4-6-8-21/h4-15H,3,16H2,1-2H3/b22-13+. The van der Waals surface area contributed by atoms with Crippen molar-refractivity contribution >= 4 is 50.9 Å². The predicted octanol–water partition coefficient (Wildman–Crippen LogP) is 6.89. The van der Waals surface area contributed by atoms with Crippen LogP contribution in [0.2, 0.25) is 5.02 Å². The Morgan fingerprint density at radius 2 is 1.79 bits per heavy atom. The van der Waals surface area contributed by atoms with Crippen LogP contribution in [0.5, 0.6) is 11.5 Å². The number of rotatable bonds is 7. The lowest BCUT2D eigenvalue weighted by Gasteiger charge is -2.15. The molecule has 1 aliphatic rings. The number of anilines is 1. The third kappa shape index (κ3) is 5.29. The van der Waals surface area contributed by atoms with Gasteiger partial charge >= 0.3 is 0 Å². The maximum atomic E-state index is 13.0. The van der Waals surface area contributed by atoms with Crippen LogP contribution in [0.3, 0.4) is 0 Å². The first-order valence-corrected chi connectivity index (χ1v) is 11.6. The van der Waals surface area contributed by atoms with Gasteiger partial charge in [0.15, 0.2) is 11.5 Å². The van der Waals surface area contributed by atoms with Gasteiger partial charge in [0.05, 0.1) is 28.1 Å². The molecule has 0 N–H and O–H groups in total. The summed E-state index contributed by atoms with van der Waals surface area (Å²) in [6.45, 7) is 4.59. The van der Waals surface area contributed by atoms with Crippen LogP contribution in [0.1, 0.15) is 25.0 Å². The summed E-state index contributed by atoms with van der Waals surface area (Å²) in [7, 11) is 0. The highest BCUT2D eigenvalue weighted by molar-refractivity contribution is 9.10. The molecular formula is C26H22BrClN2O3. The summed E-state index contributed by atoms with van der Waals surface area (Å²) in [6, 6.07) is 20.6. The number of nitrogens with zero attached hydrogens (tertiary/aromatic N) is 2. The molecule has 5 nitrogen and oxygen atoms in total. The Morgan fingerprint density at radius 3 is 2.48 bits per heavy atom. The third-order valence-corrected chi connectivity index (χ3v) is 5.84. The van der Waals surface area contributed by atoms with E-state index < -0.39 is 0 Å². The quantitative estimate of drug-likeness (QED) is 0.316. The fourth-order valence-electron chi connectivity index (χ4n) is 3.41. The van der Waals surface area contributed by atoms with Crippen LogP contribution in [-0.2, 0) is 11.4 Å². The normalized spacial score (nSPS) is 14.5. The fraction of sp³-hybridized carbons (Fsp3) is 0.154. The summed E-state index contributed by atoms with van der Waals surface area (Å²) in [5.41, 5.74) is 3.71. The zero-order valence-electron chi connectivity index (χ0n) is 18.2. The second-order valence-electron chi connectivity index (χ2n) is 7.37. The number of halogens is 2. The van der Waals surface area contributed by atoms with Gasteiger partial charge in [-0.3, -0.25) is 4.79 Å². The summed E-state index contributed by atoms with van der Waals surface area (Å²) in [4.78, 5) is 13.0. The molecular weight excluding hydrogens is 504 g/mol. The molecule has 1 heterocycles. The summed E-state index contributed by atoms with van der Waals surface area (Å²) in [5.74, 6) is 1.02. The monoisotopic (exact) mass is 524 g/mol. The van der Waals surface area contributed by atoms with Gasteiger partial charge in [-0.25, -0.2) is 0 Å². The minimum Gasteiger partial charge on any atom is -0.490 e. The molecule has 0 atom stereocenters. The fourth-order valence-corrected chi connectivity index (χ4v) is 4.11. The van der Waals surface area contributed by atoms with Gasteiger partial charge in [-0.15, -0.1) is 0 Å². The molecule has 0 aromatic heterocycles. The zero-order chi connectivity index (χ0) is 23.4. The minimum atomic E-state index is -0.171. The van der Waals surface area contributed by atoms with Gasteiger partial charge in [0, 0.05) is 5.02 Å². The van der Waals surface area contributed by atoms with E-state index in [0.717, 1.165) is 21.3 Å². The predicted molar refractivity (Wildman–Crippen MR) is 136 cm³/mol. The third-order valence-electron chi connectivity index (χ3n) is 5.00. The number of hydrazone groups is 1. The number of para-hydroxylation sites is 1. The van der Waals surface area contributed by atoms with Gasteiger partial charge in [-0.2, -0.15) is 10.1 Å². The average Bonchev–Trinajstić information content (AvgIpc) is 3.09. The van der Waals surface area contributed by atoms with Crippen molar-refractivity contribution in [3.05, 3.63) is 92.9 Å². The van der Waals surface area contributed by atoms with Crippen LogP contribution < -0.4 is 14.5 Å². The molecule has 168 valence electrons. The number of hydrogen-bond acceptors (Lipinski definition) is 4. The molecule has 0 unspecified atom stereocenters. The molecule has 0 radical (unpaired) electrons. The van der Waals surface area contributed by atoms with Crippen LogP contribution in [0.4, 0.5) is 5.69 Å². The molecule has 3 aromatic rings. The topological polar surface area (TPSA) is 51.1 Å². The SMILES string of the molecule is CCOc1cc(/C=C2/C(=O)N(c3ccccc3)N=C2C)cc(Br)c1OCc1ccc(Cl)cc1. The van der Waals surface area contributed by atoms with E-state index in [1.165, 1.54) is 5.01 Å². The van der Waals surface area contributed by atoms with Crippen molar-refractivity contribution < 1.29 is 14.3 Å². The van der Waals surface area contributed by atoms with Crippen LogP contribution in [0.25, 0.3) is 6.08 Å². The molecule has 0 aliphatic carbocycles. The smallest absolute Gasteiger partial charge is 0.280 e. The van der Waals surface area contributed by atoms with Crippen molar-refractivity contribution in [2.24, 2.45) is 5.10 Å². The Balaban J connectivity index is 1.60. The molecule has 4 rings (SSSR count). The molecule has 0 spiro atoms. The highest BCUT2D eigenvalue weighted by Crippen LogP contribution is 2.38. The van der Waals surface area contributed by atoms with Gasteiger partial charge in [0.1, 0.15) is 6.61 Å². The van der Waals surface area contributed by atoms with E-state index in [1.807, 2.05) is 86.7 Å². The number of benzene rings is 3. The van der Waals surface area contributed by atoms with Crippen molar-refractivity contribution in [1.82, 2.24) is 0 Å². The second-order valence-corrected chi connectivity index (χ2v) is 8.66. The summed E-state index contributed by atoms with van der Waals surface area (Å²) in [6.07, 6.45) is 1.82. The van der Waals surface area contributed by atoms with Gasteiger partial charge in [0.2, 0.25) is 0 Å². The van der Waals surface area contributed by atoms with E-state index in [-0.39, 0.29) is 5.91 Å². The van der Waals surface area contributed by atoms with E-state index >= 15 is 0 Å². The molecule has 1 amide bonds. The summed E-state index contributed by atoms with van der Waals surface area (Å²) < 4.78 is 12.6. The highest BCUT2D eigenvalue weighted by Gasteiger charge is 2.28. The molecule has 1 aliphatic heterocycles. The van der Waals surface area contributed by atoms with Crippen LogP contribution in [-0.4, -0.2) is 18.2 Å². The number of amides is 1. The Morgan fingerprint density at radius 1 is 1.06 bits per heavy atom. The van der Waals surface area contributed by atoms with E-state index in [4.69, 9.17) is 21.1 Å². The number of ether oxygens (including phenoxy) is 2. The van der Waals surface area contributed by atoms with Crippen molar-refractivity contribution in [2.45, 2.75) is 20.5 Å². The molecule has 0 saturated carbocycles. The van der Waals surface area contributed by atoms with Gasteiger partial charge in [0.25, 0.3) is 5.91 Å². The molecule has 0 bridgehead atoms. The zero-order valence-corrected chi connectivity index (χ0v) is 20.6. The van der Waals surface area contributed by atoms with Gasteiger partial charge in [-0.05, 0) is 83.4 Å². The second kappa shape index (κ2) is 10.2. The van der Waals surface area contributed by atoms with Crippen molar-refractivity contribution in [1.29, 1.82) is 0 Å². The number of carbonyl (C=O) groups excluding carboxylic acids is 1. The van der Waals surface area contributed by atoms with E-state index in [0.29, 0.717) is 41.0 Å². The van der Waals surface area contributed by atoms with E-state index in [1.54, 1.807) is 0 Å². The lowest BCUT2D eigenvalue weighted by molar-refractivity contribution is -0.114. The first-order valence-electron chi connectivity index (χ1n) is 10.5. The van der Waals surface area contributed by atoms with Crippen molar-refractivity contribution in [3.63, 3.8) is 0 Å². The van der Waals surface area contributed by atoms with Crippen molar-refractivity contribution in [2.75, 3.05) is 11.6 Å². The molecule has 3 aromatic carbocycles. The van der Waals surface area contributed by atoms with E-state index in [9.17, 15) is 4.79 Å². The summed E-state index contributed by atoms with van der Waals surface area (Å²) in [5, 5.41) is 6.54. The lowest BCUT2D eigenvalue weighted by atomic mass is 10.1. The minimum absolute atomic E-state index is 0.171. The molecule has 0 saturated heterocycles. The number of carbonyl (C=O) groups is 1. The van der Waals surface area contributed by atoms with Crippen LogP contribution in [0.15, 0.2) is 81.9 Å². The Bertz CT molecular complexity index is 1220. The Hall–Kier alpha value is -3.09. The Labute approximate surface area is 206 Å². The summed E-state index contributed by atoms with van der Waals surface area (Å²) >= 11 is 9.56. The first-order chi connectivity index (χ1) is 16.0. The largest absolute Gasteiger partial charge is 0.490 e. The lowest BCUT2D eigenvalue weighted by Crippen LogP contribution is -2.21. The van der Waals surface area contributed by atoms with Crippen LogP contribution >= 0.6 is 27.5 Å². The van der Waals surface area contributed by atoms with Crippen molar-refractivity contribution in [3.8, 4) is 11.5 Å². The average molecular weight is 526 g/mol. The van der Waals surface area contributed by atoms with Gasteiger partial charge < -0.3 is 9.47 Å². The van der Waals surface area contributed by atoms with Gasteiger partial charge in [-0.1, -0.05) is 41.9 Å². The molecule has 0 fully saturated rings. The maximum Gasteiger partial charge on any atom is 0.280 e. The molecule has 33 heavy (non-hydrogen) atoms. The maximum absolute atomic E-state index is 13.0. The highest BCUT2D eigenvalue weighted by atomic mass is 79.9. The molecule has 7 heteroatoms. The number of hydrogen-bond donors (Lipinski definition) is 0.